The standard InChI is InChI=1S/C21H27NO5/c1-5-9-17(15-10-8-11-16(14-15)25-4)18-12-13-21(22-18,19(23)26-6-2)20(24)27-7-3/h5,8,10-11,14,17H,1,6-7,9,12-13H2,2-4H3. The van der Waals surface area contributed by atoms with Crippen molar-refractivity contribution in [3.8, 4) is 5.75 Å². The second-order valence-electron chi connectivity index (χ2n) is 6.26. The second kappa shape index (κ2) is 9.35. The molecule has 6 heteroatoms. The highest BCUT2D eigenvalue weighted by atomic mass is 16.6. The molecule has 0 bridgehead atoms. The molecule has 1 aromatic carbocycles. The van der Waals surface area contributed by atoms with Crippen LogP contribution in [-0.2, 0) is 19.1 Å². The maximum Gasteiger partial charge on any atom is 0.345 e. The van der Waals surface area contributed by atoms with E-state index in [9.17, 15) is 9.59 Å². The summed E-state index contributed by atoms with van der Waals surface area (Å²) in [6.07, 6.45) is 3.19. The molecule has 0 spiro atoms. The number of ether oxygens (including phenoxy) is 3. The predicted octanol–water partition coefficient (Wildman–Crippen LogP) is 3.45. The molecule has 27 heavy (non-hydrogen) atoms. The average Bonchev–Trinajstić information content (AvgIpc) is 3.13. The first-order valence-corrected chi connectivity index (χ1v) is 9.20. The molecule has 0 N–H and O–H groups in total. The Hall–Kier alpha value is -2.63. The van der Waals surface area contributed by atoms with E-state index >= 15 is 0 Å². The molecule has 0 aliphatic carbocycles. The van der Waals surface area contributed by atoms with Crippen molar-refractivity contribution in [2.45, 2.75) is 44.6 Å². The van der Waals surface area contributed by atoms with Crippen molar-refractivity contribution in [3.05, 3.63) is 42.5 Å². The lowest BCUT2D eigenvalue weighted by Crippen LogP contribution is -2.45. The molecular formula is C21H27NO5. The molecule has 0 saturated heterocycles. The number of hydrogen-bond acceptors (Lipinski definition) is 6. The molecule has 2 rings (SSSR count). The van der Waals surface area contributed by atoms with E-state index in [-0.39, 0.29) is 25.6 Å². The number of hydrogen-bond donors (Lipinski definition) is 0. The van der Waals surface area contributed by atoms with E-state index in [4.69, 9.17) is 14.2 Å². The highest BCUT2D eigenvalue weighted by molar-refractivity contribution is 6.10. The van der Waals surface area contributed by atoms with Crippen molar-refractivity contribution in [2.24, 2.45) is 4.99 Å². The van der Waals surface area contributed by atoms with Crippen LogP contribution in [0.15, 0.2) is 41.9 Å². The number of benzene rings is 1. The van der Waals surface area contributed by atoms with Gasteiger partial charge in [-0.15, -0.1) is 6.58 Å². The van der Waals surface area contributed by atoms with Crippen molar-refractivity contribution in [1.82, 2.24) is 0 Å². The molecule has 1 atom stereocenters. The zero-order valence-electron chi connectivity index (χ0n) is 16.2. The van der Waals surface area contributed by atoms with E-state index < -0.39 is 17.5 Å². The quantitative estimate of drug-likeness (QED) is 0.376. The van der Waals surface area contributed by atoms with Crippen LogP contribution in [-0.4, -0.2) is 43.5 Å². The minimum Gasteiger partial charge on any atom is -0.497 e. The third-order valence-electron chi connectivity index (χ3n) is 4.60. The Morgan fingerprint density at radius 2 is 1.93 bits per heavy atom. The first-order chi connectivity index (χ1) is 13.0. The highest BCUT2D eigenvalue weighted by Crippen LogP contribution is 2.36. The van der Waals surface area contributed by atoms with Crippen LogP contribution in [0.5, 0.6) is 5.75 Å². The second-order valence-corrected chi connectivity index (χ2v) is 6.26. The maximum atomic E-state index is 12.6. The summed E-state index contributed by atoms with van der Waals surface area (Å²) < 4.78 is 15.6. The molecule has 1 heterocycles. The smallest absolute Gasteiger partial charge is 0.345 e. The number of carbonyl (C=O) groups is 2. The Balaban J connectivity index is 2.45. The van der Waals surface area contributed by atoms with Gasteiger partial charge in [-0.2, -0.15) is 0 Å². The van der Waals surface area contributed by atoms with Crippen molar-refractivity contribution in [3.63, 3.8) is 0 Å². The van der Waals surface area contributed by atoms with Gasteiger partial charge in [0.25, 0.3) is 5.54 Å². The Bertz CT molecular complexity index is 707. The van der Waals surface area contributed by atoms with E-state index in [0.717, 1.165) is 17.0 Å². The van der Waals surface area contributed by atoms with Crippen molar-refractivity contribution < 1.29 is 23.8 Å². The monoisotopic (exact) mass is 373 g/mol. The van der Waals surface area contributed by atoms with Crippen LogP contribution >= 0.6 is 0 Å². The zero-order chi connectivity index (χ0) is 19.9. The van der Waals surface area contributed by atoms with E-state index in [1.54, 1.807) is 27.0 Å². The van der Waals surface area contributed by atoms with Crippen LogP contribution in [0.3, 0.4) is 0 Å². The molecule has 0 fully saturated rings. The van der Waals surface area contributed by atoms with Crippen LogP contribution in [0.2, 0.25) is 0 Å². The van der Waals surface area contributed by atoms with Gasteiger partial charge in [0, 0.05) is 11.6 Å². The van der Waals surface area contributed by atoms with Gasteiger partial charge in [-0.25, -0.2) is 9.59 Å². The molecule has 1 aliphatic rings. The lowest BCUT2D eigenvalue weighted by molar-refractivity contribution is -0.163. The van der Waals surface area contributed by atoms with Crippen LogP contribution < -0.4 is 4.74 Å². The molecule has 0 radical (unpaired) electrons. The Morgan fingerprint density at radius 1 is 1.26 bits per heavy atom. The summed E-state index contributed by atoms with van der Waals surface area (Å²) >= 11 is 0. The predicted molar refractivity (Wildman–Crippen MR) is 103 cm³/mol. The summed E-state index contributed by atoms with van der Waals surface area (Å²) in [5.74, 6) is -0.659. The van der Waals surface area contributed by atoms with Crippen LogP contribution in [0, 0.1) is 0 Å². The van der Waals surface area contributed by atoms with Crippen LogP contribution in [0.4, 0.5) is 0 Å². The summed E-state index contributed by atoms with van der Waals surface area (Å²) in [5, 5.41) is 0. The van der Waals surface area contributed by atoms with Gasteiger partial charge in [0.2, 0.25) is 0 Å². The van der Waals surface area contributed by atoms with E-state index in [0.29, 0.717) is 12.8 Å². The van der Waals surface area contributed by atoms with Crippen molar-refractivity contribution in [1.29, 1.82) is 0 Å². The first-order valence-electron chi connectivity index (χ1n) is 9.20. The Kier molecular flexibility index (Phi) is 7.16. The van der Waals surface area contributed by atoms with Crippen molar-refractivity contribution in [2.75, 3.05) is 20.3 Å². The molecule has 1 aromatic rings. The minimum absolute atomic E-state index is 0.0941. The summed E-state index contributed by atoms with van der Waals surface area (Å²) in [6.45, 7) is 7.59. The van der Waals surface area contributed by atoms with Gasteiger partial charge in [0.15, 0.2) is 0 Å². The molecule has 0 aromatic heterocycles. The topological polar surface area (TPSA) is 74.2 Å². The zero-order valence-corrected chi connectivity index (χ0v) is 16.2. The lowest BCUT2D eigenvalue weighted by Gasteiger charge is -2.21. The number of esters is 2. The number of methoxy groups -OCH3 is 1. The normalized spacial score (nSPS) is 16.2. The van der Waals surface area contributed by atoms with E-state index in [2.05, 4.69) is 11.6 Å². The Morgan fingerprint density at radius 3 is 2.48 bits per heavy atom. The number of allylic oxidation sites excluding steroid dienone is 1. The minimum atomic E-state index is -1.61. The largest absolute Gasteiger partial charge is 0.497 e. The molecule has 0 amide bonds. The molecule has 0 saturated carbocycles. The summed E-state index contributed by atoms with van der Waals surface area (Å²) in [6, 6.07) is 7.69. The third kappa shape index (κ3) is 4.38. The van der Waals surface area contributed by atoms with Gasteiger partial charge in [-0.3, -0.25) is 4.99 Å². The maximum absolute atomic E-state index is 12.6. The van der Waals surface area contributed by atoms with E-state index in [1.165, 1.54) is 0 Å². The first kappa shape index (κ1) is 20.7. The molecule has 6 nitrogen and oxygen atoms in total. The van der Waals surface area contributed by atoms with E-state index in [1.807, 2.05) is 24.3 Å². The van der Waals surface area contributed by atoms with Gasteiger partial charge in [-0.05, 0) is 50.8 Å². The number of nitrogens with zero attached hydrogens (tertiary/aromatic N) is 1. The fourth-order valence-corrected chi connectivity index (χ4v) is 3.29. The third-order valence-corrected chi connectivity index (χ3v) is 4.60. The van der Waals surface area contributed by atoms with Gasteiger partial charge in [-0.1, -0.05) is 18.2 Å². The van der Waals surface area contributed by atoms with Crippen LogP contribution in [0.25, 0.3) is 0 Å². The number of carbonyl (C=O) groups excluding carboxylic acids is 2. The lowest BCUT2D eigenvalue weighted by atomic mass is 9.88. The van der Waals surface area contributed by atoms with Gasteiger partial charge in [0.1, 0.15) is 5.75 Å². The molecular weight excluding hydrogens is 346 g/mol. The molecule has 146 valence electrons. The summed E-state index contributed by atoms with van der Waals surface area (Å²) in [4.78, 5) is 29.7. The van der Waals surface area contributed by atoms with Crippen molar-refractivity contribution >= 4 is 17.7 Å². The Labute approximate surface area is 160 Å². The average molecular weight is 373 g/mol. The summed E-state index contributed by atoms with van der Waals surface area (Å²) in [5.41, 5.74) is 0.153. The number of rotatable bonds is 9. The summed E-state index contributed by atoms with van der Waals surface area (Å²) in [7, 11) is 1.61. The van der Waals surface area contributed by atoms with Gasteiger partial charge < -0.3 is 14.2 Å². The van der Waals surface area contributed by atoms with Gasteiger partial charge >= 0.3 is 11.9 Å². The molecule has 1 aliphatic heterocycles. The van der Waals surface area contributed by atoms with Crippen LogP contribution in [0.1, 0.15) is 44.6 Å². The highest BCUT2D eigenvalue weighted by Gasteiger charge is 2.52. The molecule has 1 unspecified atom stereocenters. The fourth-order valence-electron chi connectivity index (χ4n) is 3.29. The SMILES string of the molecule is C=CCC(C1=NC(C(=O)OCC)(C(=O)OCC)CC1)c1cccc(OC)c1. The van der Waals surface area contributed by atoms with Gasteiger partial charge in [0.05, 0.1) is 20.3 Å². The fraction of sp³-hybridized carbons (Fsp3) is 0.476. The number of aliphatic imine (C=N–C) groups is 1.